The van der Waals surface area contributed by atoms with Crippen LogP contribution in [0.25, 0.3) is 0 Å². The molecule has 0 aliphatic carbocycles. The topological polar surface area (TPSA) is 60.5 Å². The number of benzene rings is 1. The maximum atomic E-state index is 13.6. The van der Waals surface area contributed by atoms with Gasteiger partial charge in [0.05, 0.1) is 17.6 Å². The Bertz CT molecular complexity index is 828. The number of urea groups is 1. The third-order valence-electron chi connectivity index (χ3n) is 4.72. The van der Waals surface area contributed by atoms with Crippen LogP contribution in [-0.2, 0) is 0 Å². The van der Waals surface area contributed by atoms with E-state index < -0.39 is 17.7 Å². The second kappa shape index (κ2) is 9.65. The standard InChI is InChI=1S/C21H27F2N5O/c1-15(2)14-27-8-3-9-28(11-10-27)20-7-5-17(13-24-20)25-21(29)26-19-6-4-16(22)12-18(19)23/h4-7,12-13,15H,3,8-11,14H2,1-2H3,(H2,25,26,29). The van der Waals surface area contributed by atoms with E-state index in [0.29, 0.717) is 11.6 Å². The van der Waals surface area contributed by atoms with Crippen molar-refractivity contribution in [3.05, 3.63) is 48.2 Å². The van der Waals surface area contributed by atoms with Gasteiger partial charge in [-0.15, -0.1) is 0 Å². The number of carbonyl (C=O) groups is 1. The van der Waals surface area contributed by atoms with Crippen molar-refractivity contribution in [2.75, 3.05) is 48.3 Å². The van der Waals surface area contributed by atoms with Gasteiger partial charge in [-0.2, -0.15) is 0 Å². The van der Waals surface area contributed by atoms with Crippen LogP contribution >= 0.6 is 0 Å². The molecule has 1 aromatic heterocycles. The van der Waals surface area contributed by atoms with Crippen LogP contribution < -0.4 is 15.5 Å². The fraction of sp³-hybridized carbons (Fsp3) is 0.429. The predicted octanol–water partition coefficient (Wildman–Crippen LogP) is 4.17. The molecule has 1 saturated heterocycles. The first-order valence-corrected chi connectivity index (χ1v) is 9.87. The molecule has 1 fully saturated rings. The Morgan fingerprint density at radius 2 is 1.93 bits per heavy atom. The Kier molecular flexibility index (Phi) is 6.98. The van der Waals surface area contributed by atoms with Crippen molar-refractivity contribution < 1.29 is 13.6 Å². The van der Waals surface area contributed by atoms with Crippen molar-refractivity contribution >= 4 is 23.2 Å². The van der Waals surface area contributed by atoms with Crippen LogP contribution in [-0.4, -0.2) is 48.6 Å². The summed E-state index contributed by atoms with van der Waals surface area (Å²) in [5, 5.41) is 4.96. The van der Waals surface area contributed by atoms with Crippen molar-refractivity contribution in [2.45, 2.75) is 20.3 Å². The lowest BCUT2D eigenvalue weighted by Crippen LogP contribution is -2.33. The van der Waals surface area contributed by atoms with Crippen LogP contribution in [0.5, 0.6) is 0 Å². The lowest BCUT2D eigenvalue weighted by atomic mass is 10.2. The molecule has 1 aliphatic rings. The van der Waals surface area contributed by atoms with Gasteiger partial charge < -0.3 is 20.4 Å². The highest BCUT2D eigenvalue weighted by Crippen LogP contribution is 2.18. The van der Waals surface area contributed by atoms with Crippen LogP contribution in [0.3, 0.4) is 0 Å². The monoisotopic (exact) mass is 403 g/mol. The number of amides is 2. The summed E-state index contributed by atoms with van der Waals surface area (Å²) >= 11 is 0. The van der Waals surface area contributed by atoms with E-state index in [-0.39, 0.29) is 5.69 Å². The molecule has 156 valence electrons. The number of carbonyl (C=O) groups excluding carboxylic acids is 1. The van der Waals surface area contributed by atoms with Crippen molar-refractivity contribution in [1.82, 2.24) is 9.88 Å². The third-order valence-corrected chi connectivity index (χ3v) is 4.72. The molecule has 29 heavy (non-hydrogen) atoms. The molecule has 2 N–H and O–H groups in total. The molecule has 0 radical (unpaired) electrons. The highest BCUT2D eigenvalue weighted by molar-refractivity contribution is 5.99. The van der Waals surface area contributed by atoms with Gasteiger partial charge in [-0.1, -0.05) is 13.8 Å². The number of hydrogen-bond donors (Lipinski definition) is 2. The Morgan fingerprint density at radius 3 is 2.62 bits per heavy atom. The molecule has 1 aromatic carbocycles. The molecule has 2 amide bonds. The van der Waals surface area contributed by atoms with Crippen LogP contribution in [0.2, 0.25) is 0 Å². The van der Waals surface area contributed by atoms with Crippen molar-refractivity contribution in [1.29, 1.82) is 0 Å². The van der Waals surface area contributed by atoms with E-state index in [1.165, 1.54) is 6.07 Å². The molecular weight excluding hydrogens is 376 g/mol. The second-order valence-corrected chi connectivity index (χ2v) is 7.64. The van der Waals surface area contributed by atoms with Crippen LogP contribution in [0.15, 0.2) is 36.5 Å². The van der Waals surface area contributed by atoms with E-state index in [1.807, 2.05) is 6.07 Å². The van der Waals surface area contributed by atoms with Crippen LogP contribution in [0.1, 0.15) is 20.3 Å². The zero-order valence-corrected chi connectivity index (χ0v) is 16.8. The number of anilines is 3. The van der Waals surface area contributed by atoms with Gasteiger partial charge in [0.25, 0.3) is 0 Å². The first-order valence-electron chi connectivity index (χ1n) is 9.87. The van der Waals surface area contributed by atoms with Gasteiger partial charge in [0.15, 0.2) is 0 Å². The first-order chi connectivity index (χ1) is 13.9. The molecular formula is C21H27F2N5O. The summed E-state index contributed by atoms with van der Waals surface area (Å²) in [6.07, 6.45) is 2.66. The Labute approximate surface area is 169 Å². The number of hydrogen-bond acceptors (Lipinski definition) is 4. The van der Waals surface area contributed by atoms with Crippen LogP contribution in [0.4, 0.5) is 30.8 Å². The smallest absolute Gasteiger partial charge is 0.323 e. The zero-order valence-electron chi connectivity index (χ0n) is 16.8. The Balaban J connectivity index is 1.55. The molecule has 0 unspecified atom stereocenters. The molecule has 1 aliphatic heterocycles. The summed E-state index contributed by atoms with van der Waals surface area (Å²) in [6, 6.07) is 5.98. The fourth-order valence-electron chi connectivity index (χ4n) is 3.42. The lowest BCUT2D eigenvalue weighted by Gasteiger charge is -2.23. The molecule has 0 atom stereocenters. The molecule has 0 bridgehead atoms. The summed E-state index contributed by atoms with van der Waals surface area (Å²) < 4.78 is 26.6. The third kappa shape index (κ3) is 6.12. The van der Waals surface area contributed by atoms with Gasteiger partial charge in [-0.05, 0) is 43.1 Å². The maximum absolute atomic E-state index is 13.6. The number of pyridine rings is 1. The van der Waals surface area contributed by atoms with Crippen molar-refractivity contribution in [3.8, 4) is 0 Å². The van der Waals surface area contributed by atoms with Gasteiger partial charge in [-0.25, -0.2) is 18.6 Å². The summed E-state index contributed by atoms with van der Waals surface area (Å²) in [5.41, 5.74) is 0.397. The van der Waals surface area contributed by atoms with E-state index in [1.54, 1.807) is 12.3 Å². The summed E-state index contributed by atoms with van der Waals surface area (Å²) in [4.78, 5) is 21.2. The highest BCUT2D eigenvalue weighted by atomic mass is 19.1. The van der Waals surface area contributed by atoms with Crippen molar-refractivity contribution in [3.63, 3.8) is 0 Å². The largest absolute Gasteiger partial charge is 0.355 e. The molecule has 0 saturated carbocycles. The molecule has 3 rings (SSSR count). The van der Waals surface area contributed by atoms with Gasteiger partial charge >= 0.3 is 6.03 Å². The molecule has 8 heteroatoms. The zero-order chi connectivity index (χ0) is 20.8. The van der Waals surface area contributed by atoms with Crippen molar-refractivity contribution in [2.24, 2.45) is 5.92 Å². The average molecular weight is 403 g/mol. The summed E-state index contributed by atoms with van der Waals surface area (Å²) in [5.74, 6) is -0.0121. The summed E-state index contributed by atoms with van der Waals surface area (Å²) in [7, 11) is 0. The average Bonchev–Trinajstić information content (AvgIpc) is 2.90. The number of aromatic nitrogens is 1. The summed E-state index contributed by atoms with van der Waals surface area (Å²) in [6.45, 7) is 9.52. The first kappa shape index (κ1) is 21.0. The molecule has 0 spiro atoms. The normalized spacial score (nSPS) is 15.3. The minimum atomic E-state index is -0.832. The Hall–Kier alpha value is -2.74. The Morgan fingerprint density at radius 1 is 1.10 bits per heavy atom. The second-order valence-electron chi connectivity index (χ2n) is 7.64. The van der Waals surface area contributed by atoms with Gasteiger partial charge in [0, 0.05) is 32.2 Å². The molecule has 2 aromatic rings. The molecule has 6 nitrogen and oxygen atoms in total. The van der Waals surface area contributed by atoms with Crippen LogP contribution in [0, 0.1) is 17.6 Å². The lowest BCUT2D eigenvalue weighted by molar-refractivity contribution is 0.261. The number of nitrogens with zero attached hydrogens (tertiary/aromatic N) is 3. The van der Waals surface area contributed by atoms with E-state index >= 15 is 0 Å². The minimum absolute atomic E-state index is 0.0935. The predicted molar refractivity (Wildman–Crippen MR) is 111 cm³/mol. The quantitative estimate of drug-likeness (QED) is 0.787. The van der Waals surface area contributed by atoms with Gasteiger partial charge in [0.1, 0.15) is 17.5 Å². The maximum Gasteiger partial charge on any atom is 0.323 e. The number of rotatable bonds is 5. The van der Waals surface area contributed by atoms with E-state index in [0.717, 1.165) is 57.1 Å². The van der Waals surface area contributed by atoms with E-state index in [4.69, 9.17) is 0 Å². The fourth-order valence-corrected chi connectivity index (χ4v) is 3.42. The molecule has 2 heterocycles. The van der Waals surface area contributed by atoms with Gasteiger partial charge in [-0.3, -0.25) is 0 Å². The van der Waals surface area contributed by atoms with E-state index in [2.05, 4.69) is 39.3 Å². The SMILES string of the molecule is CC(C)CN1CCCN(c2ccc(NC(=O)Nc3ccc(F)cc3F)cn2)CC1. The minimum Gasteiger partial charge on any atom is -0.355 e. The number of halogens is 2. The van der Waals surface area contributed by atoms with Gasteiger partial charge in [0.2, 0.25) is 0 Å². The highest BCUT2D eigenvalue weighted by Gasteiger charge is 2.17. The van der Waals surface area contributed by atoms with E-state index in [9.17, 15) is 13.6 Å². The number of nitrogens with one attached hydrogen (secondary N) is 2.